The largest absolute Gasteiger partial charge is 0.347 e. The number of hydrogen-bond donors (Lipinski definition) is 3. The second-order valence-corrected chi connectivity index (χ2v) is 6.00. The third-order valence-corrected chi connectivity index (χ3v) is 2.33. The molecule has 0 aliphatic heterocycles. The van der Waals surface area contributed by atoms with E-state index in [1.807, 2.05) is 34.6 Å². The van der Waals surface area contributed by atoms with E-state index in [1.165, 1.54) is 0 Å². The van der Waals surface area contributed by atoms with Crippen LogP contribution in [0.5, 0.6) is 0 Å². The molecular formula is C15H23N3O2. The summed E-state index contributed by atoms with van der Waals surface area (Å²) < 4.78 is 0. The van der Waals surface area contributed by atoms with Gasteiger partial charge in [-0.15, -0.1) is 0 Å². The second-order valence-electron chi connectivity index (χ2n) is 6.00. The fourth-order valence-corrected chi connectivity index (χ4v) is 1.62. The van der Waals surface area contributed by atoms with Gasteiger partial charge in [0.05, 0.1) is 11.3 Å². The highest BCUT2D eigenvalue weighted by Crippen LogP contribution is 2.16. The molecule has 0 fully saturated rings. The fourth-order valence-electron chi connectivity index (χ4n) is 1.62. The minimum Gasteiger partial charge on any atom is -0.347 e. The predicted molar refractivity (Wildman–Crippen MR) is 81.0 cm³/mol. The minimum absolute atomic E-state index is 0.0329. The van der Waals surface area contributed by atoms with Gasteiger partial charge in [0.25, 0.3) is 5.91 Å². The van der Waals surface area contributed by atoms with Crippen LogP contribution >= 0.6 is 0 Å². The van der Waals surface area contributed by atoms with E-state index in [4.69, 9.17) is 0 Å². The highest BCUT2D eigenvalue weighted by Gasteiger charge is 2.18. The average molecular weight is 277 g/mol. The molecule has 0 aromatic heterocycles. The molecule has 5 nitrogen and oxygen atoms in total. The highest BCUT2D eigenvalue weighted by molar-refractivity contribution is 6.03. The molecular weight excluding hydrogens is 254 g/mol. The number of urea groups is 1. The summed E-state index contributed by atoms with van der Waals surface area (Å²) in [5, 5.41) is 8.30. The van der Waals surface area contributed by atoms with Crippen LogP contribution in [0.4, 0.5) is 10.5 Å². The van der Waals surface area contributed by atoms with Crippen LogP contribution in [0.3, 0.4) is 0 Å². The van der Waals surface area contributed by atoms with Crippen LogP contribution in [0.2, 0.25) is 0 Å². The Morgan fingerprint density at radius 1 is 1.10 bits per heavy atom. The lowest BCUT2D eigenvalue weighted by atomic mass is 10.1. The molecule has 1 rings (SSSR count). The van der Waals surface area contributed by atoms with Crippen molar-refractivity contribution < 1.29 is 9.59 Å². The number of hydrogen-bond acceptors (Lipinski definition) is 2. The van der Waals surface area contributed by atoms with Crippen molar-refractivity contribution in [1.82, 2.24) is 10.6 Å². The maximum absolute atomic E-state index is 12.2. The Balaban J connectivity index is 2.88. The first kappa shape index (κ1) is 16.0. The van der Waals surface area contributed by atoms with E-state index in [9.17, 15) is 9.59 Å². The number of carbonyl (C=O) groups is 2. The van der Waals surface area contributed by atoms with Crippen LogP contribution in [0.15, 0.2) is 24.3 Å². The van der Waals surface area contributed by atoms with Crippen molar-refractivity contribution in [2.75, 3.05) is 5.32 Å². The van der Waals surface area contributed by atoms with Gasteiger partial charge in [-0.05, 0) is 46.8 Å². The second kappa shape index (κ2) is 6.41. The quantitative estimate of drug-likeness (QED) is 0.795. The van der Waals surface area contributed by atoms with Gasteiger partial charge in [-0.2, -0.15) is 0 Å². The van der Waals surface area contributed by atoms with Crippen LogP contribution in [-0.2, 0) is 0 Å². The van der Waals surface area contributed by atoms with Gasteiger partial charge in [0.2, 0.25) is 0 Å². The number of anilines is 1. The number of carbonyl (C=O) groups excluding carboxylic acids is 2. The molecule has 3 N–H and O–H groups in total. The number of nitrogens with one attached hydrogen (secondary N) is 3. The van der Waals surface area contributed by atoms with E-state index in [2.05, 4.69) is 16.0 Å². The van der Waals surface area contributed by atoms with Gasteiger partial charge in [0.15, 0.2) is 0 Å². The zero-order valence-corrected chi connectivity index (χ0v) is 12.7. The number of para-hydroxylation sites is 1. The third-order valence-electron chi connectivity index (χ3n) is 2.33. The van der Waals surface area contributed by atoms with Crippen molar-refractivity contribution in [3.63, 3.8) is 0 Å². The Bertz CT molecular complexity index is 490. The zero-order valence-electron chi connectivity index (χ0n) is 12.7. The van der Waals surface area contributed by atoms with E-state index in [0.717, 1.165) is 0 Å². The molecule has 0 atom stereocenters. The van der Waals surface area contributed by atoms with Crippen molar-refractivity contribution in [1.29, 1.82) is 0 Å². The Labute approximate surface area is 120 Å². The van der Waals surface area contributed by atoms with Gasteiger partial charge in [0, 0.05) is 11.6 Å². The summed E-state index contributed by atoms with van der Waals surface area (Å²) in [6.07, 6.45) is 0. The summed E-state index contributed by atoms with van der Waals surface area (Å²) in [5.74, 6) is -0.210. The van der Waals surface area contributed by atoms with E-state index >= 15 is 0 Å². The molecule has 1 aromatic rings. The van der Waals surface area contributed by atoms with Gasteiger partial charge in [-0.3, -0.25) is 4.79 Å². The first-order valence-electron chi connectivity index (χ1n) is 6.68. The van der Waals surface area contributed by atoms with Crippen molar-refractivity contribution >= 4 is 17.6 Å². The molecule has 0 unspecified atom stereocenters. The Kier molecular flexibility index (Phi) is 5.13. The fraction of sp³-hybridized carbons (Fsp3) is 0.467. The Morgan fingerprint density at radius 3 is 2.25 bits per heavy atom. The lowest BCUT2D eigenvalue weighted by Crippen LogP contribution is -2.41. The SMILES string of the molecule is CC(C)NC(=O)Nc1ccccc1C(=O)NC(C)(C)C. The van der Waals surface area contributed by atoms with Gasteiger partial charge < -0.3 is 16.0 Å². The van der Waals surface area contributed by atoms with E-state index in [-0.39, 0.29) is 23.5 Å². The van der Waals surface area contributed by atoms with E-state index in [1.54, 1.807) is 24.3 Å². The zero-order chi connectivity index (χ0) is 15.3. The molecule has 0 saturated carbocycles. The Hall–Kier alpha value is -2.04. The summed E-state index contributed by atoms with van der Waals surface area (Å²) in [7, 11) is 0. The lowest BCUT2D eigenvalue weighted by molar-refractivity contribution is 0.0920. The first-order chi connectivity index (χ1) is 9.19. The molecule has 0 saturated heterocycles. The first-order valence-corrected chi connectivity index (χ1v) is 6.68. The molecule has 0 bridgehead atoms. The maximum atomic E-state index is 12.2. The van der Waals surface area contributed by atoms with Crippen molar-refractivity contribution in [3.8, 4) is 0 Å². The summed E-state index contributed by atoms with van der Waals surface area (Å²) in [6.45, 7) is 9.47. The monoisotopic (exact) mass is 277 g/mol. The van der Waals surface area contributed by atoms with Crippen molar-refractivity contribution in [3.05, 3.63) is 29.8 Å². The normalized spacial score (nSPS) is 11.1. The van der Waals surface area contributed by atoms with Gasteiger partial charge in [-0.1, -0.05) is 12.1 Å². The van der Waals surface area contributed by atoms with Crippen LogP contribution in [0, 0.1) is 0 Å². The molecule has 5 heteroatoms. The van der Waals surface area contributed by atoms with Crippen LogP contribution in [0.1, 0.15) is 45.0 Å². The summed E-state index contributed by atoms with van der Waals surface area (Å²) in [5.41, 5.74) is 0.610. The molecule has 3 amide bonds. The highest BCUT2D eigenvalue weighted by atomic mass is 16.2. The van der Waals surface area contributed by atoms with Crippen LogP contribution in [-0.4, -0.2) is 23.5 Å². The predicted octanol–water partition coefficient (Wildman–Crippen LogP) is 2.74. The maximum Gasteiger partial charge on any atom is 0.319 e. The van der Waals surface area contributed by atoms with Gasteiger partial charge in [-0.25, -0.2) is 4.79 Å². The van der Waals surface area contributed by atoms with Gasteiger partial charge >= 0.3 is 6.03 Å². The number of benzene rings is 1. The van der Waals surface area contributed by atoms with E-state index in [0.29, 0.717) is 11.3 Å². The minimum atomic E-state index is -0.329. The third kappa shape index (κ3) is 5.30. The summed E-state index contributed by atoms with van der Waals surface area (Å²) >= 11 is 0. The van der Waals surface area contributed by atoms with Crippen LogP contribution < -0.4 is 16.0 Å². The molecule has 110 valence electrons. The van der Waals surface area contributed by atoms with Crippen molar-refractivity contribution in [2.24, 2.45) is 0 Å². The molecule has 20 heavy (non-hydrogen) atoms. The van der Waals surface area contributed by atoms with Gasteiger partial charge in [0.1, 0.15) is 0 Å². The summed E-state index contributed by atoms with van der Waals surface area (Å²) in [6, 6.07) is 6.65. The standard InChI is InChI=1S/C15H23N3O2/c1-10(2)16-14(20)17-12-9-7-6-8-11(12)13(19)18-15(3,4)5/h6-10H,1-5H3,(H,18,19)(H2,16,17,20). The molecule has 1 aromatic carbocycles. The average Bonchev–Trinajstić information content (AvgIpc) is 2.25. The van der Waals surface area contributed by atoms with Crippen LogP contribution in [0.25, 0.3) is 0 Å². The molecule has 0 aliphatic carbocycles. The van der Waals surface area contributed by atoms with E-state index < -0.39 is 0 Å². The molecule has 0 spiro atoms. The number of amides is 3. The number of rotatable bonds is 3. The van der Waals surface area contributed by atoms with Crippen molar-refractivity contribution in [2.45, 2.75) is 46.2 Å². The summed E-state index contributed by atoms with van der Waals surface area (Å²) in [4.78, 5) is 23.9. The molecule has 0 heterocycles. The lowest BCUT2D eigenvalue weighted by Gasteiger charge is -2.21. The molecule has 0 aliphatic rings. The Morgan fingerprint density at radius 2 is 1.70 bits per heavy atom. The smallest absolute Gasteiger partial charge is 0.319 e. The topological polar surface area (TPSA) is 70.2 Å². The molecule has 0 radical (unpaired) electrons.